The molecule has 1 saturated carbocycles. The zero-order valence-electron chi connectivity index (χ0n) is 12.4. The molecule has 1 aliphatic rings. The van der Waals surface area contributed by atoms with Crippen LogP contribution in [0.15, 0.2) is 24.3 Å². The average molecular weight is 272 g/mol. The van der Waals surface area contributed by atoms with Crippen molar-refractivity contribution in [2.45, 2.75) is 51.3 Å². The van der Waals surface area contributed by atoms with Crippen molar-refractivity contribution >= 4 is 10.9 Å². The smallest absolute Gasteiger partial charge is 0.0555 e. The maximum Gasteiger partial charge on any atom is 0.0555 e. The Labute approximate surface area is 120 Å². The normalized spacial score (nSPS) is 23.4. The van der Waals surface area contributed by atoms with Gasteiger partial charge in [0.25, 0.3) is 0 Å². The Kier molecular flexibility index (Phi) is 3.81. The number of nitrogens with one attached hydrogen (secondary N) is 1. The van der Waals surface area contributed by atoms with Crippen LogP contribution >= 0.6 is 0 Å². The minimum absolute atomic E-state index is 0.116. The van der Waals surface area contributed by atoms with Crippen LogP contribution < -0.4 is 5.32 Å². The maximum absolute atomic E-state index is 9.76. The average Bonchev–Trinajstić information content (AvgIpc) is 2.70. The van der Waals surface area contributed by atoms with E-state index in [-0.39, 0.29) is 6.10 Å². The fraction of sp³-hybridized carbons (Fsp3) is 0.529. The molecule has 0 amide bonds. The van der Waals surface area contributed by atoms with Gasteiger partial charge in [0.15, 0.2) is 0 Å². The van der Waals surface area contributed by atoms with Crippen molar-refractivity contribution in [3.63, 3.8) is 0 Å². The van der Waals surface area contributed by atoms with E-state index in [4.69, 9.17) is 0 Å². The van der Waals surface area contributed by atoms with Crippen molar-refractivity contribution in [1.29, 1.82) is 0 Å². The van der Waals surface area contributed by atoms with Crippen LogP contribution in [0.25, 0.3) is 10.9 Å². The van der Waals surface area contributed by atoms with E-state index in [1.807, 2.05) is 0 Å². The van der Waals surface area contributed by atoms with Crippen LogP contribution in [0, 0.1) is 6.92 Å². The highest BCUT2D eigenvalue weighted by atomic mass is 16.3. The summed E-state index contributed by atoms with van der Waals surface area (Å²) >= 11 is 0. The summed E-state index contributed by atoms with van der Waals surface area (Å²) in [6.45, 7) is 3.09. The second kappa shape index (κ2) is 5.58. The van der Waals surface area contributed by atoms with Gasteiger partial charge in [0, 0.05) is 36.2 Å². The molecule has 0 spiro atoms. The summed E-state index contributed by atoms with van der Waals surface area (Å²) in [5, 5.41) is 14.7. The number of fused-ring (bicyclic) bond motifs is 1. The van der Waals surface area contributed by atoms with E-state index >= 15 is 0 Å². The van der Waals surface area contributed by atoms with Crippen molar-refractivity contribution in [1.82, 2.24) is 9.88 Å². The van der Waals surface area contributed by atoms with Gasteiger partial charge in [0.2, 0.25) is 0 Å². The van der Waals surface area contributed by atoms with Crippen LogP contribution in [0.2, 0.25) is 0 Å². The summed E-state index contributed by atoms with van der Waals surface area (Å²) in [7, 11) is 2.14. The molecule has 1 heterocycles. The lowest BCUT2D eigenvalue weighted by Crippen LogP contribution is -2.36. The molecule has 1 aromatic heterocycles. The zero-order valence-corrected chi connectivity index (χ0v) is 12.4. The van der Waals surface area contributed by atoms with E-state index in [1.165, 1.54) is 28.6 Å². The largest absolute Gasteiger partial charge is 0.393 e. The number of benzene rings is 1. The fourth-order valence-electron chi connectivity index (χ4n) is 3.48. The number of aliphatic hydroxyl groups is 1. The van der Waals surface area contributed by atoms with Gasteiger partial charge in [-0.1, -0.05) is 18.2 Å². The number of hydrogen-bond acceptors (Lipinski definition) is 2. The van der Waals surface area contributed by atoms with Crippen molar-refractivity contribution < 1.29 is 5.11 Å². The molecule has 2 aromatic rings. The van der Waals surface area contributed by atoms with Crippen molar-refractivity contribution in [3.8, 4) is 0 Å². The molecule has 2 atom stereocenters. The van der Waals surface area contributed by atoms with E-state index in [0.29, 0.717) is 6.04 Å². The van der Waals surface area contributed by atoms with Gasteiger partial charge in [-0.25, -0.2) is 0 Å². The van der Waals surface area contributed by atoms with Crippen LogP contribution in [-0.2, 0) is 13.6 Å². The van der Waals surface area contributed by atoms with Gasteiger partial charge in [-0.15, -0.1) is 0 Å². The Bertz CT molecular complexity index is 563. The molecular weight excluding hydrogens is 248 g/mol. The first kappa shape index (κ1) is 13.7. The number of aliphatic hydroxyl groups excluding tert-OH is 1. The second-order valence-corrected chi connectivity index (χ2v) is 6.05. The highest BCUT2D eigenvalue weighted by Gasteiger charge is 2.20. The van der Waals surface area contributed by atoms with Gasteiger partial charge in [-0.2, -0.15) is 0 Å². The van der Waals surface area contributed by atoms with Crippen LogP contribution in [0.3, 0.4) is 0 Å². The molecule has 0 aliphatic heterocycles. The van der Waals surface area contributed by atoms with Gasteiger partial charge in [0.1, 0.15) is 0 Å². The Hall–Kier alpha value is -1.32. The standard InChI is InChI=1S/C17H24N2O/c1-12-15-8-3-4-9-16(15)19(2)17(12)11-18-13-6-5-7-14(20)10-13/h3-4,8-9,13-14,18,20H,5-7,10-11H2,1-2H3. The second-order valence-electron chi connectivity index (χ2n) is 6.05. The molecule has 1 fully saturated rings. The SMILES string of the molecule is Cc1c(CNC2CCCC(O)C2)n(C)c2ccccc12. The summed E-state index contributed by atoms with van der Waals surface area (Å²) in [6, 6.07) is 9.02. The van der Waals surface area contributed by atoms with Crippen LogP contribution in [-0.4, -0.2) is 21.8 Å². The van der Waals surface area contributed by atoms with E-state index in [0.717, 1.165) is 25.8 Å². The molecule has 3 nitrogen and oxygen atoms in total. The Balaban J connectivity index is 1.77. The highest BCUT2D eigenvalue weighted by Crippen LogP contribution is 2.25. The Morgan fingerprint density at radius 3 is 2.85 bits per heavy atom. The predicted octanol–water partition coefficient (Wildman–Crippen LogP) is 2.88. The monoisotopic (exact) mass is 272 g/mol. The fourth-order valence-corrected chi connectivity index (χ4v) is 3.48. The summed E-state index contributed by atoms with van der Waals surface area (Å²) in [5.74, 6) is 0. The summed E-state index contributed by atoms with van der Waals surface area (Å²) < 4.78 is 2.29. The van der Waals surface area contributed by atoms with Crippen LogP contribution in [0.1, 0.15) is 36.9 Å². The topological polar surface area (TPSA) is 37.2 Å². The number of nitrogens with zero attached hydrogens (tertiary/aromatic N) is 1. The summed E-state index contributed by atoms with van der Waals surface area (Å²) in [4.78, 5) is 0. The molecule has 0 bridgehead atoms. The highest BCUT2D eigenvalue weighted by molar-refractivity contribution is 5.85. The lowest BCUT2D eigenvalue weighted by molar-refractivity contribution is 0.111. The van der Waals surface area contributed by atoms with Crippen molar-refractivity contribution in [2.75, 3.05) is 0 Å². The van der Waals surface area contributed by atoms with E-state index in [2.05, 4.69) is 48.1 Å². The van der Waals surface area contributed by atoms with Crippen LogP contribution in [0.5, 0.6) is 0 Å². The molecule has 2 unspecified atom stereocenters. The molecule has 0 radical (unpaired) electrons. The third-order valence-electron chi connectivity index (χ3n) is 4.71. The first-order valence-corrected chi connectivity index (χ1v) is 7.61. The number of para-hydroxylation sites is 1. The molecule has 3 heteroatoms. The minimum Gasteiger partial charge on any atom is -0.393 e. The number of hydrogen-bond donors (Lipinski definition) is 2. The third kappa shape index (κ3) is 2.48. The molecule has 20 heavy (non-hydrogen) atoms. The van der Waals surface area contributed by atoms with Crippen molar-refractivity contribution in [2.24, 2.45) is 7.05 Å². The summed E-state index contributed by atoms with van der Waals surface area (Å²) in [6.07, 6.45) is 4.05. The lowest BCUT2D eigenvalue weighted by Gasteiger charge is -2.27. The first-order chi connectivity index (χ1) is 9.66. The quantitative estimate of drug-likeness (QED) is 0.901. The van der Waals surface area contributed by atoms with Crippen molar-refractivity contribution in [3.05, 3.63) is 35.5 Å². The van der Waals surface area contributed by atoms with Gasteiger partial charge < -0.3 is 15.0 Å². The van der Waals surface area contributed by atoms with E-state index in [9.17, 15) is 5.11 Å². The first-order valence-electron chi connectivity index (χ1n) is 7.61. The number of aryl methyl sites for hydroxylation is 2. The van der Waals surface area contributed by atoms with Gasteiger partial charge in [-0.05, 0) is 44.2 Å². The molecule has 0 saturated heterocycles. The number of rotatable bonds is 3. The summed E-state index contributed by atoms with van der Waals surface area (Å²) in [5.41, 5.74) is 4.02. The van der Waals surface area contributed by atoms with Gasteiger partial charge in [0.05, 0.1) is 6.10 Å². The zero-order chi connectivity index (χ0) is 14.1. The van der Waals surface area contributed by atoms with E-state index in [1.54, 1.807) is 0 Å². The van der Waals surface area contributed by atoms with Gasteiger partial charge in [-0.3, -0.25) is 0 Å². The van der Waals surface area contributed by atoms with E-state index < -0.39 is 0 Å². The molecular formula is C17H24N2O. The number of aromatic nitrogens is 1. The molecule has 1 aromatic carbocycles. The minimum atomic E-state index is -0.116. The maximum atomic E-state index is 9.76. The molecule has 3 rings (SSSR count). The Morgan fingerprint density at radius 1 is 1.30 bits per heavy atom. The van der Waals surface area contributed by atoms with Gasteiger partial charge >= 0.3 is 0 Å². The van der Waals surface area contributed by atoms with Crippen LogP contribution in [0.4, 0.5) is 0 Å². The molecule has 2 N–H and O–H groups in total. The predicted molar refractivity (Wildman–Crippen MR) is 82.8 cm³/mol. The Morgan fingerprint density at radius 2 is 2.10 bits per heavy atom. The third-order valence-corrected chi connectivity index (χ3v) is 4.71. The lowest BCUT2D eigenvalue weighted by atomic mass is 9.93. The molecule has 108 valence electrons. The molecule has 1 aliphatic carbocycles.